The minimum atomic E-state index is -0.835. The summed E-state index contributed by atoms with van der Waals surface area (Å²) in [6, 6.07) is 0.837. The average Bonchev–Trinajstić information content (AvgIpc) is 2.19. The van der Waals surface area contributed by atoms with E-state index in [1.165, 1.54) is 0 Å². The fourth-order valence-electron chi connectivity index (χ4n) is 1.05. The quantitative estimate of drug-likeness (QED) is 0.553. The number of nitrogens with zero attached hydrogens (tertiary/aromatic N) is 1. The molecule has 0 saturated carbocycles. The molecule has 0 N–H and O–H groups in total. The minimum absolute atomic E-state index is 0.216. The number of ketones is 1. The average molecular weight is 199 g/mol. The van der Waals surface area contributed by atoms with Crippen LogP contribution in [0.4, 0.5) is 8.78 Å². The molecule has 14 heavy (non-hydrogen) atoms. The Labute approximate surface area is 81.0 Å². The van der Waals surface area contributed by atoms with Crippen molar-refractivity contribution in [3.05, 3.63) is 29.6 Å². The molecule has 0 aliphatic carbocycles. The van der Waals surface area contributed by atoms with Crippen molar-refractivity contribution in [2.24, 2.45) is 5.92 Å². The predicted octanol–water partition coefficient (Wildman–Crippen LogP) is 2.59. The molecule has 1 aromatic heterocycles. The molecule has 0 amide bonds. The van der Waals surface area contributed by atoms with Gasteiger partial charge >= 0.3 is 0 Å². The number of hydrogen-bond acceptors (Lipinski definition) is 2. The first kappa shape index (κ1) is 10.8. The lowest BCUT2D eigenvalue weighted by Gasteiger charge is -2.07. The zero-order chi connectivity index (χ0) is 10.7. The Kier molecular flexibility index (Phi) is 3.28. The molecule has 2 nitrogen and oxygen atoms in total. The van der Waals surface area contributed by atoms with Gasteiger partial charge in [-0.05, 0) is 6.42 Å². The number of hydrogen-bond donors (Lipinski definition) is 0. The zero-order valence-electron chi connectivity index (χ0n) is 8.05. The molecule has 0 radical (unpaired) electrons. The number of Topliss-reactive ketones (excluding diaryl/α,β-unsaturated/α-hetero) is 1. The smallest absolute Gasteiger partial charge is 0.213 e. The van der Waals surface area contributed by atoms with Crippen molar-refractivity contribution in [2.45, 2.75) is 20.3 Å². The van der Waals surface area contributed by atoms with Gasteiger partial charge in [-0.1, -0.05) is 13.8 Å². The molecule has 0 aliphatic rings. The Balaban J connectivity index is 3.06. The Morgan fingerprint density at radius 2 is 2.21 bits per heavy atom. The fraction of sp³-hybridized carbons (Fsp3) is 0.400. The highest BCUT2D eigenvalue weighted by atomic mass is 19.1. The highest BCUT2D eigenvalue weighted by Crippen LogP contribution is 2.15. The molecule has 0 fully saturated rings. The van der Waals surface area contributed by atoms with E-state index in [2.05, 4.69) is 4.98 Å². The van der Waals surface area contributed by atoms with Gasteiger partial charge < -0.3 is 0 Å². The number of rotatable bonds is 3. The summed E-state index contributed by atoms with van der Waals surface area (Å²) in [6.07, 6.45) is 1.33. The highest BCUT2D eigenvalue weighted by molar-refractivity contribution is 5.97. The molecule has 4 heteroatoms. The molecule has 1 heterocycles. The zero-order valence-corrected chi connectivity index (χ0v) is 8.05. The number of carbonyl (C=O) groups is 1. The van der Waals surface area contributed by atoms with Crippen molar-refractivity contribution in [3.63, 3.8) is 0 Å². The molecular weight excluding hydrogens is 188 g/mol. The summed E-state index contributed by atoms with van der Waals surface area (Å²) in [5, 5.41) is 0. The van der Waals surface area contributed by atoms with Gasteiger partial charge in [-0.25, -0.2) is 9.37 Å². The topological polar surface area (TPSA) is 30.0 Å². The minimum Gasteiger partial charge on any atom is -0.294 e. The van der Waals surface area contributed by atoms with Crippen LogP contribution in [-0.4, -0.2) is 10.8 Å². The SMILES string of the molecule is CCC(C)C(=O)c1cc(F)ncc1F. The van der Waals surface area contributed by atoms with Gasteiger partial charge in [0.15, 0.2) is 11.6 Å². The normalized spacial score (nSPS) is 12.6. The summed E-state index contributed by atoms with van der Waals surface area (Å²) < 4.78 is 25.7. The second kappa shape index (κ2) is 4.26. The van der Waals surface area contributed by atoms with E-state index in [4.69, 9.17) is 0 Å². The summed E-state index contributed by atoms with van der Waals surface area (Å²) in [7, 11) is 0. The molecule has 0 bridgehead atoms. The molecule has 0 saturated heterocycles. The number of carbonyl (C=O) groups excluding carboxylic acids is 1. The predicted molar refractivity (Wildman–Crippen MR) is 47.9 cm³/mol. The fourth-order valence-corrected chi connectivity index (χ4v) is 1.05. The van der Waals surface area contributed by atoms with Crippen LogP contribution in [0, 0.1) is 17.7 Å². The van der Waals surface area contributed by atoms with Gasteiger partial charge in [0.1, 0.15) is 0 Å². The Morgan fingerprint density at radius 1 is 1.57 bits per heavy atom. The molecule has 1 unspecified atom stereocenters. The standard InChI is InChI=1S/C10H11F2NO/c1-3-6(2)10(14)7-4-9(12)13-5-8(7)11/h4-6H,3H2,1-2H3. The largest absolute Gasteiger partial charge is 0.294 e. The Morgan fingerprint density at radius 3 is 2.79 bits per heavy atom. The maximum absolute atomic E-state index is 13.1. The van der Waals surface area contributed by atoms with Crippen LogP contribution >= 0.6 is 0 Å². The summed E-state index contributed by atoms with van der Waals surface area (Å²) in [4.78, 5) is 14.6. The third kappa shape index (κ3) is 2.13. The van der Waals surface area contributed by atoms with Crippen LogP contribution < -0.4 is 0 Å². The molecule has 1 rings (SSSR count). The van der Waals surface area contributed by atoms with Gasteiger partial charge in [0.2, 0.25) is 5.95 Å². The first-order valence-corrected chi connectivity index (χ1v) is 4.41. The van der Waals surface area contributed by atoms with Gasteiger partial charge in [0, 0.05) is 12.0 Å². The van der Waals surface area contributed by atoms with Crippen molar-refractivity contribution in [1.29, 1.82) is 0 Å². The van der Waals surface area contributed by atoms with Gasteiger partial charge in [-0.15, -0.1) is 0 Å². The molecular formula is C10H11F2NO. The van der Waals surface area contributed by atoms with Crippen LogP contribution in [0.15, 0.2) is 12.3 Å². The van der Waals surface area contributed by atoms with Crippen molar-refractivity contribution in [1.82, 2.24) is 4.98 Å². The van der Waals surface area contributed by atoms with E-state index in [0.717, 1.165) is 12.3 Å². The van der Waals surface area contributed by atoms with Crippen molar-refractivity contribution >= 4 is 5.78 Å². The Hall–Kier alpha value is -1.32. The lowest BCUT2D eigenvalue weighted by molar-refractivity contribution is 0.0922. The lowest BCUT2D eigenvalue weighted by Crippen LogP contribution is -2.13. The first-order valence-electron chi connectivity index (χ1n) is 4.41. The van der Waals surface area contributed by atoms with E-state index in [0.29, 0.717) is 6.42 Å². The second-order valence-electron chi connectivity index (χ2n) is 3.16. The second-order valence-corrected chi connectivity index (χ2v) is 3.16. The van der Waals surface area contributed by atoms with Crippen LogP contribution in [-0.2, 0) is 0 Å². The summed E-state index contributed by atoms with van der Waals surface area (Å²) in [5.74, 6) is -2.28. The van der Waals surface area contributed by atoms with E-state index in [-0.39, 0.29) is 17.3 Å². The number of halogens is 2. The van der Waals surface area contributed by atoms with Crippen LogP contribution in [0.3, 0.4) is 0 Å². The lowest BCUT2D eigenvalue weighted by atomic mass is 9.98. The van der Waals surface area contributed by atoms with E-state index in [1.54, 1.807) is 6.92 Å². The van der Waals surface area contributed by atoms with Crippen LogP contribution in [0.5, 0.6) is 0 Å². The highest BCUT2D eigenvalue weighted by Gasteiger charge is 2.18. The maximum Gasteiger partial charge on any atom is 0.213 e. The van der Waals surface area contributed by atoms with E-state index in [9.17, 15) is 13.6 Å². The van der Waals surface area contributed by atoms with E-state index in [1.807, 2.05) is 6.92 Å². The monoisotopic (exact) mass is 199 g/mol. The third-order valence-electron chi connectivity index (χ3n) is 2.15. The number of aromatic nitrogens is 1. The molecule has 1 aromatic rings. The molecule has 76 valence electrons. The van der Waals surface area contributed by atoms with E-state index < -0.39 is 11.8 Å². The molecule has 0 aliphatic heterocycles. The molecule has 0 spiro atoms. The first-order chi connectivity index (χ1) is 6.56. The summed E-state index contributed by atoms with van der Waals surface area (Å²) in [5.41, 5.74) is -0.216. The third-order valence-corrected chi connectivity index (χ3v) is 2.15. The summed E-state index contributed by atoms with van der Waals surface area (Å²) in [6.45, 7) is 3.50. The van der Waals surface area contributed by atoms with Gasteiger partial charge in [-0.2, -0.15) is 4.39 Å². The van der Waals surface area contributed by atoms with Gasteiger partial charge in [0.05, 0.1) is 11.8 Å². The number of pyridine rings is 1. The van der Waals surface area contributed by atoms with Gasteiger partial charge in [-0.3, -0.25) is 4.79 Å². The van der Waals surface area contributed by atoms with Crippen LogP contribution in [0.1, 0.15) is 30.6 Å². The maximum atomic E-state index is 13.1. The van der Waals surface area contributed by atoms with Crippen molar-refractivity contribution in [2.75, 3.05) is 0 Å². The Bertz CT molecular complexity index is 352. The summed E-state index contributed by atoms with van der Waals surface area (Å²) >= 11 is 0. The van der Waals surface area contributed by atoms with Crippen molar-refractivity contribution in [3.8, 4) is 0 Å². The van der Waals surface area contributed by atoms with Gasteiger partial charge in [0.25, 0.3) is 0 Å². The molecule has 1 atom stereocenters. The van der Waals surface area contributed by atoms with Crippen LogP contribution in [0.25, 0.3) is 0 Å². The van der Waals surface area contributed by atoms with Crippen molar-refractivity contribution < 1.29 is 13.6 Å². The van der Waals surface area contributed by atoms with Crippen LogP contribution in [0.2, 0.25) is 0 Å². The van der Waals surface area contributed by atoms with E-state index >= 15 is 0 Å². The molecule has 0 aromatic carbocycles.